The van der Waals surface area contributed by atoms with Crippen LogP contribution < -0.4 is 20.9 Å². The van der Waals surface area contributed by atoms with Gasteiger partial charge < -0.3 is 15.4 Å². The van der Waals surface area contributed by atoms with Crippen LogP contribution in [0.25, 0.3) is 10.8 Å². The third-order valence-corrected chi connectivity index (χ3v) is 5.53. The predicted molar refractivity (Wildman–Crippen MR) is 118 cm³/mol. The molecule has 1 unspecified atom stereocenters. The number of ether oxygens (including phenoxy) is 1. The molecule has 0 spiro atoms. The number of nitrogens with zero attached hydrogens (tertiary/aromatic N) is 3. The summed E-state index contributed by atoms with van der Waals surface area (Å²) in [6, 6.07) is 4.11. The number of halogens is 3. The van der Waals surface area contributed by atoms with Crippen molar-refractivity contribution < 1.29 is 17.9 Å². The van der Waals surface area contributed by atoms with Gasteiger partial charge in [0.2, 0.25) is 5.88 Å². The van der Waals surface area contributed by atoms with Gasteiger partial charge in [0.15, 0.2) is 5.82 Å². The molecule has 0 saturated carbocycles. The number of pyridine rings is 1. The van der Waals surface area contributed by atoms with Crippen molar-refractivity contribution in [1.29, 1.82) is 0 Å². The summed E-state index contributed by atoms with van der Waals surface area (Å²) in [5.41, 5.74) is -1.26. The molecule has 1 atom stereocenters. The molecule has 10 heteroatoms. The van der Waals surface area contributed by atoms with Gasteiger partial charge in [0.25, 0.3) is 12.0 Å². The number of hydrogen-bond acceptors (Lipinski definition) is 6. The number of hydrogen-bond donors (Lipinski definition) is 2. The van der Waals surface area contributed by atoms with Gasteiger partial charge in [-0.1, -0.05) is 24.1 Å². The van der Waals surface area contributed by atoms with Crippen LogP contribution in [0.4, 0.5) is 19.0 Å². The van der Waals surface area contributed by atoms with E-state index in [0.29, 0.717) is 11.3 Å². The molecular weight excluding hydrogens is 435 g/mol. The standard InChI is InChI=1S/C23H22F3N5O2/c1-3-18(14-5-4-6-15(20(14)24)21(25)26)29-22-16-11-19(33-13-7-9-27-10-8-13)28-12-17(16)23(32)31(2)30-22/h1,4-6,11-13,18,21,27H,7-10H2,2H3,(H,29,30). The van der Waals surface area contributed by atoms with Crippen LogP contribution in [0.5, 0.6) is 5.88 Å². The number of terminal acetylenes is 1. The fourth-order valence-corrected chi connectivity index (χ4v) is 3.79. The number of fused-ring (bicyclic) bond motifs is 1. The molecule has 1 aromatic carbocycles. The average molecular weight is 457 g/mol. The van der Waals surface area contributed by atoms with Crippen molar-refractivity contribution >= 4 is 16.6 Å². The highest BCUT2D eigenvalue weighted by Gasteiger charge is 2.23. The lowest BCUT2D eigenvalue weighted by Gasteiger charge is -2.23. The Hall–Kier alpha value is -3.58. The van der Waals surface area contributed by atoms with Crippen LogP contribution >= 0.6 is 0 Å². The summed E-state index contributed by atoms with van der Waals surface area (Å²) in [6.07, 6.45) is 5.63. The molecule has 1 saturated heterocycles. The van der Waals surface area contributed by atoms with Crippen LogP contribution in [-0.4, -0.2) is 34.0 Å². The lowest BCUT2D eigenvalue weighted by Crippen LogP contribution is -2.34. The van der Waals surface area contributed by atoms with E-state index in [4.69, 9.17) is 11.2 Å². The largest absolute Gasteiger partial charge is 0.474 e. The van der Waals surface area contributed by atoms with Gasteiger partial charge in [-0.05, 0) is 25.9 Å². The smallest absolute Gasteiger partial charge is 0.276 e. The molecule has 0 bridgehead atoms. The quantitative estimate of drug-likeness (QED) is 0.553. The summed E-state index contributed by atoms with van der Waals surface area (Å²) in [4.78, 5) is 16.8. The van der Waals surface area contributed by atoms with Gasteiger partial charge in [-0.2, -0.15) is 5.10 Å². The third-order valence-electron chi connectivity index (χ3n) is 5.53. The molecule has 7 nitrogen and oxygen atoms in total. The molecule has 3 aromatic rings. The predicted octanol–water partition coefficient (Wildman–Crippen LogP) is 3.32. The van der Waals surface area contributed by atoms with E-state index in [1.807, 2.05) is 0 Å². The zero-order valence-electron chi connectivity index (χ0n) is 17.8. The number of piperidine rings is 1. The molecule has 0 amide bonds. The van der Waals surface area contributed by atoms with E-state index in [-0.39, 0.29) is 28.4 Å². The maximum atomic E-state index is 14.7. The lowest BCUT2D eigenvalue weighted by molar-refractivity contribution is 0.146. The molecule has 2 N–H and O–H groups in total. The first kappa shape index (κ1) is 22.6. The second kappa shape index (κ2) is 9.50. The van der Waals surface area contributed by atoms with Gasteiger partial charge in [-0.25, -0.2) is 22.8 Å². The van der Waals surface area contributed by atoms with E-state index >= 15 is 0 Å². The summed E-state index contributed by atoms with van der Waals surface area (Å²) < 4.78 is 48.1. The minimum Gasteiger partial charge on any atom is -0.474 e. The molecule has 0 aliphatic carbocycles. The van der Waals surface area contributed by atoms with E-state index in [9.17, 15) is 18.0 Å². The van der Waals surface area contributed by atoms with Crippen LogP contribution in [0, 0.1) is 18.2 Å². The van der Waals surface area contributed by atoms with Crippen LogP contribution in [-0.2, 0) is 7.05 Å². The van der Waals surface area contributed by atoms with Crippen molar-refractivity contribution in [2.45, 2.75) is 31.4 Å². The van der Waals surface area contributed by atoms with E-state index in [1.165, 1.54) is 25.4 Å². The average Bonchev–Trinajstić information content (AvgIpc) is 2.81. The van der Waals surface area contributed by atoms with Crippen molar-refractivity contribution in [3.05, 3.63) is 57.8 Å². The number of aromatic nitrogens is 3. The first-order chi connectivity index (χ1) is 15.9. The molecule has 1 fully saturated rings. The number of anilines is 1. The molecule has 1 aliphatic heterocycles. The van der Waals surface area contributed by atoms with Gasteiger partial charge in [0.1, 0.15) is 18.0 Å². The second-order valence-electron chi connectivity index (χ2n) is 7.71. The fraction of sp³-hybridized carbons (Fsp3) is 0.348. The van der Waals surface area contributed by atoms with Crippen LogP contribution in [0.1, 0.15) is 36.4 Å². The first-order valence-electron chi connectivity index (χ1n) is 10.4. The maximum Gasteiger partial charge on any atom is 0.276 e. The Balaban J connectivity index is 1.73. The van der Waals surface area contributed by atoms with Crippen molar-refractivity contribution in [1.82, 2.24) is 20.1 Å². The fourth-order valence-electron chi connectivity index (χ4n) is 3.79. The summed E-state index contributed by atoms with van der Waals surface area (Å²) >= 11 is 0. The van der Waals surface area contributed by atoms with Crippen LogP contribution in [0.15, 0.2) is 35.3 Å². The van der Waals surface area contributed by atoms with Crippen LogP contribution in [0.3, 0.4) is 0 Å². The number of benzene rings is 1. The molecule has 2 aromatic heterocycles. The van der Waals surface area contributed by atoms with E-state index in [1.54, 1.807) is 6.07 Å². The molecule has 172 valence electrons. The number of aryl methyl sites for hydroxylation is 1. The maximum absolute atomic E-state index is 14.7. The molecular formula is C23H22F3N5O2. The topological polar surface area (TPSA) is 81.1 Å². The van der Waals surface area contributed by atoms with Gasteiger partial charge in [0.05, 0.1) is 10.9 Å². The Labute approximate surface area is 188 Å². The second-order valence-corrected chi connectivity index (χ2v) is 7.71. The first-order valence-corrected chi connectivity index (χ1v) is 10.4. The summed E-state index contributed by atoms with van der Waals surface area (Å²) in [7, 11) is 1.45. The summed E-state index contributed by atoms with van der Waals surface area (Å²) in [6.45, 7) is 1.67. The summed E-state index contributed by atoms with van der Waals surface area (Å²) in [5.74, 6) is 1.78. The lowest BCUT2D eigenvalue weighted by atomic mass is 10.0. The third kappa shape index (κ3) is 4.64. The zero-order chi connectivity index (χ0) is 23.5. The monoisotopic (exact) mass is 457 g/mol. The molecule has 33 heavy (non-hydrogen) atoms. The Bertz CT molecular complexity index is 1270. The Morgan fingerprint density at radius 2 is 2.00 bits per heavy atom. The van der Waals surface area contributed by atoms with Crippen molar-refractivity contribution in [2.75, 3.05) is 18.4 Å². The molecule has 1 aliphatic rings. The van der Waals surface area contributed by atoms with Crippen LogP contribution in [0.2, 0.25) is 0 Å². The van der Waals surface area contributed by atoms with Gasteiger partial charge in [0, 0.05) is 30.3 Å². The van der Waals surface area contributed by atoms with E-state index in [0.717, 1.165) is 36.7 Å². The van der Waals surface area contributed by atoms with Crippen molar-refractivity contribution in [2.24, 2.45) is 7.05 Å². The highest BCUT2D eigenvalue weighted by atomic mass is 19.3. The minimum atomic E-state index is -2.99. The number of alkyl halides is 2. The summed E-state index contributed by atoms with van der Waals surface area (Å²) in [5, 5.41) is 11.0. The minimum absolute atomic E-state index is 0.0169. The van der Waals surface area contributed by atoms with Gasteiger partial charge in [-0.3, -0.25) is 4.79 Å². The number of rotatable bonds is 6. The Morgan fingerprint density at radius 1 is 1.27 bits per heavy atom. The van der Waals surface area contributed by atoms with Crippen molar-refractivity contribution in [3.63, 3.8) is 0 Å². The molecule has 4 rings (SSSR count). The Kier molecular flexibility index (Phi) is 6.51. The van der Waals surface area contributed by atoms with Gasteiger partial charge in [-0.15, -0.1) is 6.42 Å². The number of nitrogens with one attached hydrogen (secondary N) is 2. The molecule has 0 radical (unpaired) electrons. The van der Waals surface area contributed by atoms with Gasteiger partial charge >= 0.3 is 0 Å². The molecule has 3 heterocycles. The highest BCUT2D eigenvalue weighted by Crippen LogP contribution is 2.30. The normalized spacial score (nSPS) is 15.4. The van der Waals surface area contributed by atoms with E-state index < -0.39 is 23.8 Å². The Morgan fingerprint density at radius 3 is 2.70 bits per heavy atom. The zero-order valence-corrected chi connectivity index (χ0v) is 17.8. The SMILES string of the molecule is C#CC(Nc1nn(C)c(=O)c2cnc(OC3CCNCC3)cc12)c1cccc(C(F)F)c1F. The van der Waals surface area contributed by atoms with Crippen molar-refractivity contribution in [3.8, 4) is 18.2 Å². The van der Waals surface area contributed by atoms with E-state index in [2.05, 4.69) is 26.6 Å². The highest BCUT2D eigenvalue weighted by molar-refractivity contribution is 5.91.